The zero-order valence-corrected chi connectivity index (χ0v) is 5.35. The Morgan fingerprint density at radius 3 is 2.62 bits per heavy atom. The molecule has 0 amide bonds. The summed E-state index contributed by atoms with van der Waals surface area (Å²) >= 11 is 0. The first-order chi connectivity index (χ1) is 3.81. The SMILES string of the molecule is CC/C(N)=C/CCN. The summed E-state index contributed by atoms with van der Waals surface area (Å²) in [5.74, 6) is 0. The molecule has 0 aliphatic heterocycles. The number of hydrogen-bond donors (Lipinski definition) is 2. The van der Waals surface area contributed by atoms with E-state index in [2.05, 4.69) is 0 Å². The van der Waals surface area contributed by atoms with Crippen molar-refractivity contribution < 1.29 is 0 Å². The third kappa shape index (κ3) is 3.68. The summed E-state index contributed by atoms with van der Waals surface area (Å²) in [6, 6.07) is 0. The Morgan fingerprint density at radius 1 is 1.62 bits per heavy atom. The molecule has 2 heteroatoms. The Balaban J connectivity index is 3.26. The van der Waals surface area contributed by atoms with Gasteiger partial charge in [0.25, 0.3) is 0 Å². The summed E-state index contributed by atoms with van der Waals surface area (Å²) in [6.07, 6.45) is 3.81. The fourth-order valence-electron chi connectivity index (χ4n) is 0.413. The van der Waals surface area contributed by atoms with Crippen molar-refractivity contribution in [3.05, 3.63) is 11.8 Å². The Bertz CT molecular complexity index is 76.6. The maximum atomic E-state index is 5.46. The molecule has 0 rings (SSSR count). The molecule has 0 aromatic heterocycles. The zero-order valence-electron chi connectivity index (χ0n) is 5.35. The molecule has 0 saturated heterocycles. The number of nitrogens with two attached hydrogens (primary N) is 2. The van der Waals surface area contributed by atoms with Crippen LogP contribution in [-0.2, 0) is 0 Å². The first-order valence-corrected chi connectivity index (χ1v) is 2.95. The van der Waals surface area contributed by atoms with E-state index in [1.807, 2.05) is 13.0 Å². The maximum absolute atomic E-state index is 5.46. The van der Waals surface area contributed by atoms with Crippen LogP contribution in [-0.4, -0.2) is 6.54 Å². The van der Waals surface area contributed by atoms with Gasteiger partial charge in [-0.15, -0.1) is 0 Å². The molecular formula is C6H14N2. The number of hydrogen-bond acceptors (Lipinski definition) is 2. The highest BCUT2D eigenvalue weighted by Crippen LogP contribution is 1.90. The van der Waals surface area contributed by atoms with E-state index >= 15 is 0 Å². The Morgan fingerprint density at radius 2 is 2.25 bits per heavy atom. The highest BCUT2D eigenvalue weighted by atomic mass is 14.6. The minimum atomic E-state index is 0.695. The summed E-state index contributed by atoms with van der Waals surface area (Å²) in [5.41, 5.74) is 11.6. The van der Waals surface area contributed by atoms with Crippen LogP contribution in [0.1, 0.15) is 19.8 Å². The maximum Gasteiger partial charge on any atom is 0.00376 e. The third-order valence-electron chi connectivity index (χ3n) is 0.981. The third-order valence-corrected chi connectivity index (χ3v) is 0.981. The van der Waals surface area contributed by atoms with Gasteiger partial charge in [-0.25, -0.2) is 0 Å². The quantitative estimate of drug-likeness (QED) is 0.564. The zero-order chi connectivity index (χ0) is 6.41. The van der Waals surface area contributed by atoms with Crippen LogP contribution in [0.25, 0.3) is 0 Å². The van der Waals surface area contributed by atoms with E-state index in [0.29, 0.717) is 6.54 Å². The van der Waals surface area contributed by atoms with Gasteiger partial charge in [0, 0.05) is 5.70 Å². The molecule has 48 valence electrons. The lowest BCUT2D eigenvalue weighted by Gasteiger charge is -1.91. The Labute approximate surface area is 50.6 Å². The van der Waals surface area contributed by atoms with Gasteiger partial charge < -0.3 is 11.5 Å². The van der Waals surface area contributed by atoms with Crippen molar-refractivity contribution in [2.24, 2.45) is 11.5 Å². The minimum absolute atomic E-state index is 0.695. The van der Waals surface area contributed by atoms with Crippen molar-refractivity contribution >= 4 is 0 Å². The van der Waals surface area contributed by atoms with E-state index in [1.165, 1.54) is 0 Å². The summed E-state index contributed by atoms with van der Waals surface area (Å²) in [7, 11) is 0. The molecule has 0 aliphatic carbocycles. The summed E-state index contributed by atoms with van der Waals surface area (Å²) in [4.78, 5) is 0. The van der Waals surface area contributed by atoms with Crippen molar-refractivity contribution in [2.75, 3.05) is 6.54 Å². The van der Waals surface area contributed by atoms with Crippen molar-refractivity contribution in [3.63, 3.8) is 0 Å². The summed E-state index contributed by atoms with van der Waals surface area (Å²) in [6.45, 7) is 2.73. The topological polar surface area (TPSA) is 52.0 Å². The lowest BCUT2D eigenvalue weighted by Crippen LogP contribution is -1.99. The second kappa shape index (κ2) is 4.65. The molecule has 8 heavy (non-hydrogen) atoms. The van der Waals surface area contributed by atoms with Crippen LogP contribution >= 0.6 is 0 Å². The van der Waals surface area contributed by atoms with E-state index in [1.54, 1.807) is 0 Å². The van der Waals surface area contributed by atoms with E-state index in [0.717, 1.165) is 18.5 Å². The summed E-state index contributed by atoms with van der Waals surface area (Å²) < 4.78 is 0. The van der Waals surface area contributed by atoms with E-state index in [-0.39, 0.29) is 0 Å². The molecule has 0 heterocycles. The molecular weight excluding hydrogens is 100 g/mol. The molecule has 0 unspecified atom stereocenters. The van der Waals surface area contributed by atoms with Gasteiger partial charge >= 0.3 is 0 Å². The second-order valence-electron chi connectivity index (χ2n) is 1.71. The smallest absolute Gasteiger partial charge is 0.00376 e. The fourth-order valence-corrected chi connectivity index (χ4v) is 0.413. The molecule has 0 aromatic carbocycles. The molecule has 4 N–H and O–H groups in total. The first-order valence-electron chi connectivity index (χ1n) is 2.95. The van der Waals surface area contributed by atoms with Crippen LogP contribution in [0.5, 0.6) is 0 Å². The fraction of sp³-hybridized carbons (Fsp3) is 0.667. The van der Waals surface area contributed by atoms with Crippen LogP contribution in [0, 0.1) is 0 Å². The second-order valence-corrected chi connectivity index (χ2v) is 1.71. The predicted molar refractivity (Wildman–Crippen MR) is 36.2 cm³/mol. The highest BCUT2D eigenvalue weighted by Gasteiger charge is 1.80. The van der Waals surface area contributed by atoms with Gasteiger partial charge in [0.15, 0.2) is 0 Å². The molecule has 0 atom stereocenters. The largest absolute Gasteiger partial charge is 0.402 e. The van der Waals surface area contributed by atoms with E-state index in [4.69, 9.17) is 11.5 Å². The predicted octanol–water partition coefficient (Wildman–Crippen LogP) is 0.588. The number of allylic oxidation sites excluding steroid dienone is 1. The van der Waals surface area contributed by atoms with Gasteiger partial charge in [0.2, 0.25) is 0 Å². The van der Waals surface area contributed by atoms with Gasteiger partial charge in [0.05, 0.1) is 0 Å². The first kappa shape index (κ1) is 7.50. The molecule has 0 radical (unpaired) electrons. The highest BCUT2D eigenvalue weighted by molar-refractivity contribution is 4.94. The molecule has 0 spiro atoms. The van der Waals surface area contributed by atoms with E-state index in [9.17, 15) is 0 Å². The van der Waals surface area contributed by atoms with Crippen LogP contribution < -0.4 is 11.5 Å². The standard InChI is InChI=1S/C6H14N2/c1-2-6(8)4-3-5-7/h4H,2-3,5,7-8H2,1H3/b6-4-. The van der Waals surface area contributed by atoms with Gasteiger partial charge in [-0.1, -0.05) is 13.0 Å². The Kier molecular flexibility index (Phi) is 4.36. The van der Waals surface area contributed by atoms with Gasteiger partial charge in [-0.05, 0) is 19.4 Å². The van der Waals surface area contributed by atoms with Crippen molar-refractivity contribution in [1.29, 1.82) is 0 Å². The van der Waals surface area contributed by atoms with Crippen molar-refractivity contribution in [1.82, 2.24) is 0 Å². The monoisotopic (exact) mass is 114 g/mol. The van der Waals surface area contributed by atoms with Crippen molar-refractivity contribution in [3.8, 4) is 0 Å². The van der Waals surface area contributed by atoms with Gasteiger partial charge in [0.1, 0.15) is 0 Å². The van der Waals surface area contributed by atoms with Crippen LogP contribution in [0.2, 0.25) is 0 Å². The molecule has 0 bridgehead atoms. The minimum Gasteiger partial charge on any atom is -0.402 e. The van der Waals surface area contributed by atoms with Crippen molar-refractivity contribution in [2.45, 2.75) is 19.8 Å². The molecule has 0 fully saturated rings. The molecule has 0 aromatic rings. The molecule has 0 saturated carbocycles. The Hall–Kier alpha value is -0.500. The average molecular weight is 114 g/mol. The van der Waals surface area contributed by atoms with Crippen LogP contribution in [0.4, 0.5) is 0 Å². The summed E-state index contributed by atoms with van der Waals surface area (Å²) in [5, 5.41) is 0. The molecule has 2 nitrogen and oxygen atoms in total. The van der Waals surface area contributed by atoms with Gasteiger partial charge in [-0.3, -0.25) is 0 Å². The number of rotatable bonds is 3. The van der Waals surface area contributed by atoms with Crippen LogP contribution in [0.3, 0.4) is 0 Å². The van der Waals surface area contributed by atoms with Crippen LogP contribution in [0.15, 0.2) is 11.8 Å². The van der Waals surface area contributed by atoms with E-state index < -0.39 is 0 Å². The normalized spacial score (nSPS) is 12.0. The lowest BCUT2D eigenvalue weighted by atomic mass is 10.3. The molecule has 0 aliphatic rings. The van der Waals surface area contributed by atoms with Gasteiger partial charge in [-0.2, -0.15) is 0 Å². The lowest BCUT2D eigenvalue weighted by molar-refractivity contribution is 0.964. The average Bonchev–Trinajstić information content (AvgIpc) is 1.83.